The number of aliphatic hydroxyl groups excluding tert-OH is 2. The molecule has 9 heteroatoms. The van der Waals surface area contributed by atoms with Gasteiger partial charge in [0, 0.05) is 6.54 Å². The molecule has 3 heterocycles. The Morgan fingerprint density at radius 2 is 2.05 bits per heavy atom. The highest BCUT2D eigenvalue weighted by Gasteiger charge is 2.43. The Morgan fingerprint density at radius 1 is 1.26 bits per heavy atom. The Morgan fingerprint density at radius 3 is 2.74 bits per heavy atom. The van der Waals surface area contributed by atoms with Gasteiger partial charge in [-0.1, -0.05) is 0 Å². The quantitative estimate of drug-likeness (QED) is 0.487. The Balaban J connectivity index is 2.04. The van der Waals surface area contributed by atoms with Gasteiger partial charge in [-0.15, -0.1) is 0 Å². The predicted octanol–water partition coefficient (Wildman–Crippen LogP) is -2.01. The second-order valence-electron chi connectivity index (χ2n) is 4.36. The minimum absolute atomic E-state index is 0.110. The molecule has 19 heavy (non-hydrogen) atoms. The third-order valence-corrected chi connectivity index (χ3v) is 3.23. The molecule has 1 aliphatic heterocycles. The van der Waals surface area contributed by atoms with Crippen molar-refractivity contribution in [2.24, 2.45) is 5.73 Å². The van der Waals surface area contributed by atoms with Crippen molar-refractivity contribution in [3.63, 3.8) is 0 Å². The van der Waals surface area contributed by atoms with E-state index in [2.05, 4.69) is 15.0 Å². The molecule has 0 amide bonds. The average Bonchev–Trinajstić information content (AvgIpc) is 2.94. The lowest BCUT2D eigenvalue weighted by molar-refractivity contribution is -0.0322. The van der Waals surface area contributed by atoms with E-state index in [1.165, 1.54) is 17.2 Å². The van der Waals surface area contributed by atoms with Gasteiger partial charge in [-0.25, -0.2) is 15.0 Å². The van der Waals surface area contributed by atoms with Crippen LogP contribution in [0.25, 0.3) is 11.2 Å². The lowest BCUT2D eigenvalue weighted by atomic mass is 10.1. The molecule has 0 aliphatic carbocycles. The smallest absolute Gasteiger partial charge is 0.167 e. The normalized spacial score (nSPS) is 31.1. The summed E-state index contributed by atoms with van der Waals surface area (Å²) in [6, 6.07) is 0. The van der Waals surface area contributed by atoms with Gasteiger partial charge in [-0.2, -0.15) is 0 Å². The van der Waals surface area contributed by atoms with Gasteiger partial charge in [0.1, 0.15) is 30.2 Å². The molecule has 0 aromatic carbocycles. The second-order valence-corrected chi connectivity index (χ2v) is 4.36. The van der Waals surface area contributed by atoms with E-state index in [1.807, 2.05) is 0 Å². The Hall–Kier alpha value is -1.81. The van der Waals surface area contributed by atoms with Crippen LogP contribution in [0.15, 0.2) is 12.7 Å². The van der Waals surface area contributed by atoms with Crippen molar-refractivity contribution in [2.45, 2.75) is 24.5 Å². The number of fused-ring (bicyclic) bond motifs is 1. The van der Waals surface area contributed by atoms with Gasteiger partial charge >= 0.3 is 0 Å². The molecule has 3 rings (SSSR count). The van der Waals surface area contributed by atoms with E-state index in [1.54, 1.807) is 0 Å². The maximum Gasteiger partial charge on any atom is 0.167 e. The zero-order valence-corrected chi connectivity index (χ0v) is 9.92. The summed E-state index contributed by atoms with van der Waals surface area (Å²) in [5.41, 5.74) is 12.0. The highest BCUT2D eigenvalue weighted by atomic mass is 16.6. The molecule has 102 valence electrons. The van der Waals surface area contributed by atoms with E-state index in [4.69, 9.17) is 16.2 Å². The molecule has 1 aliphatic rings. The summed E-state index contributed by atoms with van der Waals surface area (Å²) in [5.74, 6) is 0.243. The first-order valence-electron chi connectivity index (χ1n) is 5.78. The lowest BCUT2D eigenvalue weighted by Crippen LogP contribution is -2.35. The topological polar surface area (TPSA) is 145 Å². The lowest BCUT2D eigenvalue weighted by Gasteiger charge is -2.16. The van der Waals surface area contributed by atoms with Crippen molar-refractivity contribution in [3.8, 4) is 0 Å². The summed E-state index contributed by atoms with van der Waals surface area (Å²) in [7, 11) is 0. The van der Waals surface area contributed by atoms with Crippen LogP contribution in [0.1, 0.15) is 6.23 Å². The number of anilines is 1. The van der Waals surface area contributed by atoms with Crippen LogP contribution in [0, 0.1) is 0 Å². The van der Waals surface area contributed by atoms with Crippen LogP contribution < -0.4 is 11.5 Å². The fourth-order valence-corrected chi connectivity index (χ4v) is 2.21. The number of nitrogens with two attached hydrogens (primary N) is 2. The van der Waals surface area contributed by atoms with E-state index < -0.39 is 24.5 Å². The largest absolute Gasteiger partial charge is 0.387 e. The predicted molar refractivity (Wildman–Crippen MR) is 64.7 cm³/mol. The molecular weight excluding hydrogens is 252 g/mol. The summed E-state index contributed by atoms with van der Waals surface area (Å²) in [5, 5.41) is 19.8. The molecule has 9 nitrogen and oxygen atoms in total. The number of nitrogen functional groups attached to an aromatic ring is 1. The highest BCUT2D eigenvalue weighted by Crippen LogP contribution is 2.31. The van der Waals surface area contributed by atoms with Crippen LogP contribution in [0.3, 0.4) is 0 Å². The van der Waals surface area contributed by atoms with Gasteiger partial charge in [0.05, 0.1) is 6.33 Å². The van der Waals surface area contributed by atoms with Crippen LogP contribution in [0.4, 0.5) is 5.82 Å². The van der Waals surface area contributed by atoms with E-state index in [9.17, 15) is 10.2 Å². The van der Waals surface area contributed by atoms with Crippen LogP contribution >= 0.6 is 0 Å². The summed E-state index contributed by atoms with van der Waals surface area (Å²) >= 11 is 0. The summed E-state index contributed by atoms with van der Waals surface area (Å²) in [6.45, 7) is 0.110. The number of rotatable bonds is 2. The Labute approximate surface area is 107 Å². The van der Waals surface area contributed by atoms with Gasteiger partial charge < -0.3 is 26.4 Å². The van der Waals surface area contributed by atoms with E-state index in [0.717, 1.165) is 0 Å². The van der Waals surface area contributed by atoms with Gasteiger partial charge in [-0.05, 0) is 0 Å². The van der Waals surface area contributed by atoms with E-state index in [0.29, 0.717) is 11.2 Å². The number of nitrogens with zero attached hydrogens (tertiary/aromatic N) is 4. The molecule has 0 bridgehead atoms. The van der Waals surface area contributed by atoms with Gasteiger partial charge in [0.2, 0.25) is 0 Å². The molecule has 2 aromatic rings. The van der Waals surface area contributed by atoms with Gasteiger partial charge in [-0.3, -0.25) is 4.57 Å². The number of aromatic nitrogens is 4. The fourth-order valence-electron chi connectivity index (χ4n) is 2.21. The standard InChI is InChI=1S/C10H14N6O3/c11-1-4-6(17)7(18)10(19-4)16-3-15-5-8(12)13-2-14-9(5)16/h2-4,6-7,10,17-18H,1,11H2,(H2,12,13,14)/t4-,6+,7?,10-/m1/s1. The highest BCUT2D eigenvalue weighted by molar-refractivity contribution is 5.81. The van der Waals surface area contributed by atoms with E-state index in [-0.39, 0.29) is 12.4 Å². The molecule has 4 atom stereocenters. The van der Waals surface area contributed by atoms with Crippen LogP contribution in [0.5, 0.6) is 0 Å². The third-order valence-electron chi connectivity index (χ3n) is 3.23. The first kappa shape index (κ1) is 12.2. The molecule has 1 unspecified atom stereocenters. The van der Waals surface area contributed by atoms with Crippen molar-refractivity contribution in [3.05, 3.63) is 12.7 Å². The molecule has 0 saturated carbocycles. The van der Waals surface area contributed by atoms with Crippen LogP contribution in [-0.4, -0.2) is 54.6 Å². The molecular formula is C10H14N6O3. The first-order valence-corrected chi connectivity index (χ1v) is 5.78. The van der Waals surface area contributed by atoms with E-state index >= 15 is 0 Å². The van der Waals surface area contributed by atoms with Crippen molar-refractivity contribution in [2.75, 3.05) is 12.3 Å². The second kappa shape index (κ2) is 4.38. The number of hydrogen-bond donors (Lipinski definition) is 4. The minimum Gasteiger partial charge on any atom is -0.387 e. The summed E-state index contributed by atoms with van der Waals surface area (Å²) < 4.78 is 7.04. The summed E-state index contributed by atoms with van der Waals surface area (Å²) in [6.07, 6.45) is -0.850. The van der Waals surface area contributed by atoms with Crippen molar-refractivity contribution >= 4 is 17.0 Å². The van der Waals surface area contributed by atoms with Gasteiger partial charge in [0.15, 0.2) is 17.7 Å². The number of ether oxygens (including phenoxy) is 1. The maximum atomic E-state index is 10.0. The minimum atomic E-state index is -1.11. The maximum absolute atomic E-state index is 10.0. The van der Waals surface area contributed by atoms with Crippen molar-refractivity contribution < 1.29 is 14.9 Å². The fraction of sp³-hybridized carbons (Fsp3) is 0.500. The molecule has 2 aromatic heterocycles. The molecule has 1 saturated heterocycles. The van der Waals surface area contributed by atoms with Crippen molar-refractivity contribution in [1.29, 1.82) is 0 Å². The zero-order valence-electron chi connectivity index (χ0n) is 9.92. The number of aliphatic hydroxyl groups is 2. The van der Waals surface area contributed by atoms with Crippen LogP contribution in [0.2, 0.25) is 0 Å². The number of hydrogen-bond acceptors (Lipinski definition) is 8. The Kier molecular flexibility index (Phi) is 2.82. The molecule has 1 fully saturated rings. The SMILES string of the molecule is NC[C@H]1O[C@@H](n2cnc3c(N)ncnc32)C(O)[C@H]1O. The Bertz CT molecular complexity index is 602. The van der Waals surface area contributed by atoms with Crippen LogP contribution in [-0.2, 0) is 4.74 Å². The molecule has 6 N–H and O–H groups in total. The summed E-state index contributed by atoms with van der Waals surface area (Å²) in [4.78, 5) is 12.0. The zero-order chi connectivity index (χ0) is 13.6. The molecule has 0 radical (unpaired) electrons. The average molecular weight is 266 g/mol. The first-order chi connectivity index (χ1) is 9.13. The van der Waals surface area contributed by atoms with Crippen molar-refractivity contribution in [1.82, 2.24) is 19.5 Å². The third kappa shape index (κ3) is 1.75. The van der Waals surface area contributed by atoms with Gasteiger partial charge in [0.25, 0.3) is 0 Å². The monoisotopic (exact) mass is 266 g/mol. The number of imidazole rings is 1. The molecule has 0 spiro atoms.